The van der Waals surface area contributed by atoms with E-state index in [0.717, 1.165) is 0 Å². The van der Waals surface area contributed by atoms with Crippen molar-refractivity contribution >= 4 is 0 Å². The van der Waals surface area contributed by atoms with Crippen LogP contribution in [0.15, 0.2) is 66.5 Å². The van der Waals surface area contributed by atoms with Gasteiger partial charge in [-0.05, 0) is 24.3 Å². The second-order valence-electron chi connectivity index (χ2n) is 2.13. The summed E-state index contributed by atoms with van der Waals surface area (Å²) in [5.41, 5.74) is 0. The first-order valence-corrected chi connectivity index (χ1v) is 4.08. The molecule has 2 aromatic rings. The minimum Gasteiger partial charge on any atom is -0.379 e. The van der Waals surface area contributed by atoms with Gasteiger partial charge in [-0.15, -0.1) is 4.91 Å². The minimum atomic E-state index is 0. The number of rotatable bonds is 0. The SMILES string of the molecule is O=NO.[Pd].c1ccncc1.c1ccncc1. The zero-order valence-corrected chi connectivity index (χ0v) is 9.84. The molecule has 0 saturated heterocycles. The Bertz CT molecular complexity index is 236. The summed E-state index contributed by atoms with van der Waals surface area (Å²) >= 11 is 0. The Labute approximate surface area is 107 Å². The summed E-state index contributed by atoms with van der Waals surface area (Å²) in [7, 11) is 0. The molecule has 0 bridgehead atoms. The van der Waals surface area contributed by atoms with Gasteiger partial charge in [0.2, 0.25) is 0 Å². The Kier molecular flexibility index (Phi) is 16.6. The first-order valence-electron chi connectivity index (χ1n) is 4.08. The monoisotopic (exact) mass is 311 g/mol. The van der Waals surface area contributed by atoms with Crippen LogP contribution in [0.3, 0.4) is 0 Å². The molecule has 0 radical (unpaired) electrons. The first-order chi connectivity index (χ1) is 7.41. The molecule has 2 aromatic heterocycles. The second-order valence-corrected chi connectivity index (χ2v) is 2.13. The van der Waals surface area contributed by atoms with Crippen molar-refractivity contribution in [3.05, 3.63) is 66.1 Å². The number of hydrogen-bond donors (Lipinski definition) is 1. The van der Waals surface area contributed by atoms with E-state index in [9.17, 15) is 0 Å². The molecule has 0 saturated carbocycles. The molecule has 0 fully saturated rings. The van der Waals surface area contributed by atoms with E-state index in [4.69, 9.17) is 10.1 Å². The molecule has 88 valence electrons. The maximum atomic E-state index is 8.11. The fourth-order valence-electron chi connectivity index (χ4n) is 0.625. The average molecular weight is 312 g/mol. The zero-order valence-electron chi connectivity index (χ0n) is 8.29. The summed E-state index contributed by atoms with van der Waals surface area (Å²) < 4.78 is 0. The summed E-state index contributed by atoms with van der Waals surface area (Å²) in [6.07, 6.45) is 7.00. The largest absolute Gasteiger partial charge is 0.379 e. The topological polar surface area (TPSA) is 75.4 Å². The Morgan fingerprint density at radius 3 is 1.06 bits per heavy atom. The molecule has 5 nitrogen and oxygen atoms in total. The summed E-state index contributed by atoms with van der Waals surface area (Å²) in [6, 6.07) is 11.4. The van der Waals surface area contributed by atoms with E-state index < -0.39 is 0 Å². The third-order valence-electron chi connectivity index (χ3n) is 1.13. The number of hydrogen-bond acceptors (Lipinski definition) is 4. The van der Waals surface area contributed by atoms with Gasteiger partial charge >= 0.3 is 0 Å². The van der Waals surface area contributed by atoms with Crippen LogP contribution in [0, 0.1) is 4.91 Å². The van der Waals surface area contributed by atoms with E-state index in [1.54, 1.807) is 24.8 Å². The smallest absolute Gasteiger partial charge is 0.152 e. The quantitative estimate of drug-likeness (QED) is 0.460. The van der Waals surface area contributed by atoms with Crippen LogP contribution >= 0.6 is 0 Å². The maximum absolute atomic E-state index is 8.11. The molecule has 0 aromatic carbocycles. The average Bonchev–Trinajstić information content (AvgIpc) is 2.35. The van der Waals surface area contributed by atoms with E-state index in [0.29, 0.717) is 0 Å². The van der Waals surface area contributed by atoms with Gasteiger partial charge in [0, 0.05) is 45.2 Å². The third-order valence-corrected chi connectivity index (χ3v) is 1.13. The van der Waals surface area contributed by atoms with Gasteiger partial charge in [-0.1, -0.05) is 12.1 Å². The van der Waals surface area contributed by atoms with E-state index in [-0.39, 0.29) is 20.4 Å². The van der Waals surface area contributed by atoms with Gasteiger partial charge in [0.05, 0.1) is 0 Å². The van der Waals surface area contributed by atoms with Gasteiger partial charge in [-0.3, -0.25) is 9.97 Å². The van der Waals surface area contributed by atoms with Crippen LogP contribution in [0.4, 0.5) is 0 Å². The third kappa shape index (κ3) is 14.9. The molecule has 1 N–H and O–H groups in total. The standard InChI is InChI=1S/2C5H5N.HNO2.Pd/c2*1-2-4-6-5-3-1;2-1-3;/h2*1-5H;(H,2,3);. The van der Waals surface area contributed by atoms with Crippen molar-refractivity contribution in [2.45, 2.75) is 0 Å². The van der Waals surface area contributed by atoms with E-state index in [1.165, 1.54) is 5.34 Å². The van der Waals surface area contributed by atoms with Gasteiger partial charge in [0.25, 0.3) is 0 Å². The minimum absolute atomic E-state index is 0. The molecule has 6 heteroatoms. The summed E-state index contributed by atoms with van der Waals surface area (Å²) in [5, 5.41) is 7.89. The maximum Gasteiger partial charge on any atom is 0.152 e. The van der Waals surface area contributed by atoms with E-state index in [1.807, 2.05) is 36.4 Å². The fourth-order valence-corrected chi connectivity index (χ4v) is 0.625. The second kappa shape index (κ2) is 15.8. The molecule has 0 aliphatic rings. The van der Waals surface area contributed by atoms with Crippen LogP contribution in [0.2, 0.25) is 0 Å². The van der Waals surface area contributed by atoms with Gasteiger partial charge in [0.1, 0.15) is 0 Å². The van der Waals surface area contributed by atoms with Crippen LogP contribution in [0.5, 0.6) is 0 Å². The van der Waals surface area contributed by atoms with Gasteiger partial charge < -0.3 is 5.21 Å². The summed E-state index contributed by atoms with van der Waals surface area (Å²) in [4.78, 5) is 15.7. The molecular weight excluding hydrogens is 301 g/mol. The molecule has 2 heterocycles. The molecule has 0 amide bonds. The molecule has 0 spiro atoms. The first kappa shape index (κ1) is 16.8. The van der Waals surface area contributed by atoms with Crippen LogP contribution in [0.25, 0.3) is 0 Å². The van der Waals surface area contributed by atoms with Crippen molar-refractivity contribution in [2.75, 3.05) is 0 Å². The number of pyridine rings is 2. The Hall–Kier alpha value is -1.64. The zero-order chi connectivity index (χ0) is 11.2. The molecule has 0 aliphatic heterocycles. The van der Waals surface area contributed by atoms with Crippen molar-refractivity contribution in [3.8, 4) is 0 Å². The van der Waals surface area contributed by atoms with Crippen molar-refractivity contribution < 1.29 is 25.6 Å². The molecule has 0 atom stereocenters. The molecule has 2 rings (SSSR count). The predicted octanol–water partition coefficient (Wildman–Crippen LogP) is 2.30. The van der Waals surface area contributed by atoms with Gasteiger partial charge in [0.15, 0.2) is 5.34 Å². The van der Waals surface area contributed by atoms with Crippen molar-refractivity contribution in [2.24, 2.45) is 5.34 Å². The van der Waals surface area contributed by atoms with Crippen LogP contribution < -0.4 is 0 Å². The summed E-state index contributed by atoms with van der Waals surface area (Å²) in [6.45, 7) is 0. The predicted molar refractivity (Wildman–Crippen MR) is 56.1 cm³/mol. The van der Waals surface area contributed by atoms with Gasteiger partial charge in [-0.2, -0.15) is 0 Å². The Balaban J connectivity index is 0. The Morgan fingerprint density at radius 1 is 0.750 bits per heavy atom. The van der Waals surface area contributed by atoms with E-state index in [2.05, 4.69) is 9.97 Å². The van der Waals surface area contributed by atoms with E-state index >= 15 is 0 Å². The van der Waals surface area contributed by atoms with Crippen LogP contribution in [-0.4, -0.2) is 15.2 Å². The van der Waals surface area contributed by atoms with Crippen LogP contribution in [0.1, 0.15) is 0 Å². The molecule has 16 heavy (non-hydrogen) atoms. The normalized spacial score (nSPS) is 6.75. The molecule has 0 aliphatic carbocycles. The summed E-state index contributed by atoms with van der Waals surface area (Å²) in [5.74, 6) is 0. The van der Waals surface area contributed by atoms with Gasteiger partial charge in [-0.25, -0.2) is 0 Å². The number of nitrogens with zero attached hydrogens (tertiary/aromatic N) is 3. The molecule has 0 unspecified atom stereocenters. The van der Waals surface area contributed by atoms with Crippen LogP contribution in [-0.2, 0) is 20.4 Å². The van der Waals surface area contributed by atoms with Crippen molar-refractivity contribution in [3.63, 3.8) is 0 Å². The molecular formula is C10H11N3O2Pd. The Morgan fingerprint density at radius 2 is 1.00 bits per heavy atom. The van der Waals surface area contributed by atoms with Crippen molar-refractivity contribution in [1.29, 1.82) is 0 Å². The fraction of sp³-hybridized carbons (Fsp3) is 0. The van der Waals surface area contributed by atoms with Crippen molar-refractivity contribution in [1.82, 2.24) is 9.97 Å². The number of aromatic nitrogens is 2.